The Morgan fingerprint density at radius 1 is 0.857 bits per heavy atom. The molecule has 0 saturated carbocycles. The number of non-ortho nitro benzene ring substituents is 1. The Hall–Kier alpha value is -4.59. The van der Waals surface area contributed by atoms with Crippen molar-refractivity contribution in [3.8, 4) is 0 Å². The van der Waals surface area contributed by atoms with E-state index in [4.69, 9.17) is 23.2 Å². The van der Waals surface area contributed by atoms with Gasteiger partial charge >= 0.3 is 0 Å². The lowest BCUT2D eigenvalue weighted by atomic mass is 9.64. The third-order valence-electron chi connectivity index (χ3n) is 8.64. The van der Waals surface area contributed by atoms with E-state index >= 15 is 0 Å². The Morgan fingerprint density at radius 3 is 2.14 bits per heavy atom. The van der Waals surface area contributed by atoms with Crippen LogP contribution in [0.5, 0.6) is 0 Å². The fourth-order valence-corrected chi connectivity index (χ4v) is 7.46. The van der Waals surface area contributed by atoms with E-state index in [1.54, 1.807) is 36.4 Å². The van der Waals surface area contributed by atoms with Gasteiger partial charge in [0.2, 0.25) is 0 Å². The standard InChI is InChI=1S/C33H20Cl2N2O5/c34-20-12-15-24(25(35)17-20)28-29(30(38)19-9-13-21(14-10-19)37(41)42)36-26-8-4-1-5-18(26)11-16-27(36)33(28)31(39)22-6-2-3-7-23(22)32(33)40/h1-17,27-29H/t27?,28-,29+/m0/s1. The monoisotopic (exact) mass is 594 g/mol. The molecule has 0 amide bonds. The fourth-order valence-electron chi connectivity index (χ4n) is 6.93. The van der Waals surface area contributed by atoms with Gasteiger partial charge in [-0.1, -0.05) is 83.9 Å². The summed E-state index contributed by atoms with van der Waals surface area (Å²) in [6.45, 7) is 0. The van der Waals surface area contributed by atoms with Gasteiger partial charge in [0.1, 0.15) is 11.5 Å². The molecule has 4 aromatic carbocycles. The van der Waals surface area contributed by atoms with Gasteiger partial charge in [-0.25, -0.2) is 0 Å². The van der Waals surface area contributed by atoms with Gasteiger partial charge in [0, 0.05) is 50.5 Å². The number of carbonyl (C=O) groups excluding carboxylic acids is 3. The molecule has 3 atom stereocenters. The van der Waals surface area contributed by atoms with E-state index in [2.05, 4.69) is 0 Å². The molecule has 0 aromatic heterocycles. The van der Waals surface area contributed by atoms with Crippen molar-refractivity contribution in [2.24, 2.45) is 5.41 Å². The normalized spacial score (nSPS) is 21.3. The largest absolute Gasteiger partial charge is 0.352 e. The third kappa shape index (κ3) is 3.50. The summed E-state index contributed by atoms with van der Waals surface area (Å²) in [5.41, 5.74) is 0.883. The molecule has 42 heavy (non-hydrogen) atoms. The topological polar surface area (TPSA) is 97.6 Å². The highest BCUT2D eigenvalue weighted by Gasteiger charge is 2.71. The highest BCUT2D eigenvalue weighted by atomic mass is 35.5. The number of hydrogen-bond donors (Lipinski definition) is 0. The van der Waals surface area contributed by atoms with Crippen LogP contribution in [0.25, 0.3) is 6.08 Å². The molecule has 2 heterocycles. The minimum Gasteiger partial charge on any atom is -0.352 e. The molecule has 1 unspecified atom stereocenters. The lowest BCUT2D eigenvalue weighted by Crippen LogP contribution is -2.48. The van der Waals surface area contributed by atoms with Crippen molar-refractivity contribution < 1.29 is 19.3 Å². The summed E-state index contributed by atoms with van der Waals surface area (Å²) < 4.78 is 0. The van der Waals surface area contributed by atoms with Gasteiger partial charge in [-0.15, -0.1) is 0 Å². The number of halogens is 2. The second-order valence-electron chi connectivity index (χ2n) is 10.6. The molecule has 0 bridgehead atoms. The second kappa shape index (κ2) is 9.48. The van der Waals surface area contributed by atoms with Crippen LogP contribution in [0.15, 0.2) is 97.1 Å². The Bertz CT molecular complexity index is 1850. The van der Waals surface area contributed by atoms with E-state index in [1.165, 1.54) is 30.3 Å². The van der Waals surface area contributed by atoms with Crippen LogP contribution in [0, 0.1) is 15.5 Å². The van der Waals surface area contributed by atoms with Crippen molar-refractivity contribution in [3.05, 3.63) is 145 Å². The zero-order valence-electron chi connectivity index (χ0n) is 21.7. The maximum absolute atomic E-state index is 14.7. The minimum absolute atomic E-state index is 0.160. The molecule has 1 fully saturated rings. The number of anilines is 1. The van der Waals surface area contributed by atoms with Gasteiger partial charge in [-0.05, 0) is 41.5 Å². The van der Waals surface area contributed by atoms with Crippen molar-refractivity contribution in [3.63, 3.8) is 0 Å². The molecule has 1 spiro atoms. The van der Waals surface area contributed by atoms with Crippen LogP contribution in [0.1, 0.15) is 48.1 Å². The first kappa shape index (κ1) is 26.3. The number of carbonyl (C=O) groups is 3. The van der Waals surface area contributed by atoms with Gasteiger partial charge in [0.05, 0.1) is 11.0 Å². The second-order valence-corrected chi connectivity index (χ2v) is 11.4. The summed E-state index contributed by atoms with van der Waals surface area (Å²) in [5, 5.41) is 11.9. The number of Topliss-reactive ketones (excluding diaryl/α,β-unsaturated/α-hetero) is 3. The molecule has 1 saturated heterocycles. The highest BCUT2D eigenvalue weighted by Crippen LogP contribution is 2.61. The molecule has 0 N–H and O–H groups in total. The van der Waals surface area contributed by atoms with Crippen LogP contribution < -0.4 is 4.90 Å². The SMILES string of the molecule is O=C(c1ccc([N+](=O)[O-])cc1)[C@H]1[C@H](c2ccc(Cl)cc2Cl)C2(C(=O)c3ccccc3C2=O)C2C=Cc3ccccc3N21. The molecular weight excluding hydrogens is 575 g/mol. The van der Waals surface area contributed by atoms with E-state index < -0.39 is 34.1 Å². The Labute approximate surface area is 250 Å². The number of rotatable bonds is 4. The van der Waals surface area contributed by atoms with Crippen molar-refractivity contribution in [1.82, 2.24) is 0 Å². The molecule has 1 aliphatic carbocycles. The third-order valence-corrected chi connectivity index (χ3v) is 9.20. The number of benzene rings is 4. The van der Waals surface area contributed by atoms with Crippen LogP contribution in [-0.4, -0.2) is 34.4 Å². The van der Waals surface area contributed by atoms with Crippen LogP contribution in [-0.2, 0) is 0 Å². The highest BCUT2D eigenvalue weighted by molar-refractivity contribution is 6.36. The number of para-hydroxylation sites is 1. The van der Waals surface area contributed by atoms with Crippen molar-refractivity contribution in [1.29, 1.82) is 0 Å². The molecule has 2 aliphatic heterocycles. The molecule has 7 nitrogen and oxygen atoms in total. The zero-order chi connectivity index (χ0) is 29.3. The van der Waals surface area contributed by atoms with E-state index in [1.807, 2.05) is 41.3 Å². The van der Waals surface area contributed by atoms with Gasteiger partial charge in [-0.3, -0.25) is 24.5 Å². The van der Waals surface area contributed by atoms with Gasteiger partial charge < -0.3 is 4.90 Å². The maximum Gasteiger partial charge on any atom is 0.269 e. The van der Waals surface area contributed by atoms with Crippen molar-refractivity contribution in [2.45, 2.75) is 18.0 Å². The number of hydrogen-bond acceptors (Lipinski definition) is 6. The number of ketones is 3. The zero-order valence-corrected chi connectivity index (χ0v) is 23.3. The summed E-state index contributed by atoms with van der Waals surface area (Å²) >= 11 is 13.1. The number of fused-ring (bicyclic) bond motifs is 5. The number of nitro benzene ring substituents is 1. The minimum atomic E-state index is -1.72. The lowest BCUT2D eigenvalue weighted by molar-refractivity contribution is -0.384. The van der Waals surface area contributed by atoms with Gasteiger partial charge in [-0.2, -0.15) is 0 Å². The first-order valence-electron chi connectivity index (χ1n) is 13.2. The summed E-state index contributed by atoms with van der Waals surface area (Å²) in [4.78, 5) is 56.6. The average Bonchev–Trinajstić information content (AvgIpc) is 3.43. The Morgan fingerprint density at radius 2 is 1.50 bits per heavy atom. The number of nitro groups is 1. The van der Waals surface area contributed by atoms with E-state index in [0.29, 0.717) is 27.4 Å². The fraction of sp³-hybridized carbons (Fsp3) is 0.121. The molecule has 7 rings (SSSR count). The molecule has 3 aliphatic rings. The predicted octanol–water partition coefficient (Wildman–Crippen LogP) is 7.22. The summed E-state index contributed by atoms with van der Waals surface area (Å²) in [7, 11) is 0. The van der Waals surface area contributed by atoms with Crippen LogP contribution >= 0.6 is 23.2 Å². The first-order valence-corrected chi connectivity index (χ1v) is 14.0. The van der Waals surface area contributed by atoms with E-state index in [9.17, 15) is 24.5 Å². The average molecular weight is 595 g/mol. The van der Waals surface area contributed by atoms with Crippen LogP contribution in [0.2, 0.25) is 10.0 Å². The Balaban J connectivity index is 1.54. The van der Waals surface area contributed by atoms with E-state index in [-0.39, 0.29) is 27.8 Å². The van der Waals surface area contributed by atoms with Gasteiger partial charge in [0.15, 0.2) is 17.3 Å². The molecular formula is C33H20Cl2N2O5. The molecule has 9 heteroatoms. The van der Waals surface area contributed by atoms with Crippen LogP contribution in [0.3, 0.4) is 0 Å². The molecule has 206 valence electrons. The summed E-state index contributed by atoms with van der Waals surface area (Å²) in [5.74, 6) is -2.17. The summed E-state index contributed by atoms with van der Waals surface area (Å²) in [6, 6.07) is 22.5. The van der Waals surface area contributed by atoms with Gasteiger partial charge in [0.25, 0.3) is 5.69 Å². The molecule has 4 aromatic rings. The smallest absolute Gasteiger partial charge is 0.269 e. The first-order chi connectivity index (χ1) is 20.2. The molecule has 0 radical (unpaired) electrons. The van der Waals surface area contributed by atoms with Crippen molar-refractivity contribution in [2.75, 3.05) is 4.90 Å². The maximum atomic E-state index is 14.7. The van der Waals surface area contributed by atoms with Crippen molar-refractivity contribution >= 4 is 58.0 Å². The predicted molar refractivity (Wildman–Crippen MR) is 160 cm³/mol. The van der Waals surface area contributed by atoms with E-state index in [0.717, 1.165) is 5.56 Å². The number of nitrogens with zero attached hydrogens (tertiary/aromatic N) is 2. The summed E-state index contributed by atoms with van der Waals surface area (Å²) in [6.07, 6.45) is 3.70. The van der Waals surface area contributed by atoms with Crippen LogP contribution in [0.4, 0.5) is 11.4 Å². The quantitative estimate of drug-likeness (QED) is 0.107. The Kier molecular flexibility index (Phi) is 5.94. The lowest BCUT2D eigenvalue weighted by Gasteiger charge is -2.37.